The first kappa shape index (κ1) is 12.0. The standard InChI is InChI=1S/C14H20N2O/c1-10-9-12(6-7-13(10)15)14(17)16-8-2-3-11-4-5-11/h6-7,9,11H,2-5,8,15H2,1H3,(H,16,17). The minimum Gasteiger partial charge on any atom is -0.399 e. The number of nitrogens with one attached hydrogen (secondary N) is 1. The van der Waals surface area contributed by atoms with Gasteiger partial charge in [-0.05, 0) is 49.4 Å². The van der Waals surface area contributed by atoms with Crippen molar-refractivity contribution in [3.05, 3.63) is 29.3 Å². The SMILES string of the molecule is Cc1cc(C(=O)NCCCC2CC2)ccc1N. The molecule has 1 aliphatic carbocycles. The van der Waals surface area contributed by atoms with E-state index in [1.165, 1.54) is 19.3 Å². The number of nitrogen functional groups attached to an aromatic ring is 1. The Kier molecular flexibility index (Phi) is 3.67. The van der Waals surface area contributed by atoms with Crippen molar-refractivity contribution in [3.8, 4) is 0 Å². The average Bonchev–Trinajstić information content (AvgIpc) is 3.12. The van der Waals surface area contributed by atoms with Crippen molar-refractivity contribution in [2.75, 3.05) is 12.3 Å². The van der Waals surface area contributed by atoms with Crippen LogP contribution in [-0.2, 0) is 0 Å². The molecule has 1 fully saturated rings. The second kappa shape index (κ2) is 5.21. The molecule has 3 N–H and O–H groups in total. The number of aryl methyl sites for hydroxylation is 1. The summed E-state index contributed by atoms with van der Waals surface area (Å²) in [5, 5.41) is 2.95. The zero-order valence-corrected chi connectivity index (χ0v) is 10.3. The summed E-state index contributed by atoms with van der Waals surface area (Å²) in [5.41, 5.74) is 8.10. The topological polar surface area (TPSA) is 55.1 Å². The molecule has 0 aromatic heterocycles. The first-order valence-electron chi connectivity index (χ1n) is 6.31. The Morgan fingerprint density at radius 2 is 2.24 bits per heavy atom. The molecular formula is C14H20N2O. The summed E-state index contributed by atoms with van der Waals surface area (Å²) in [6, 6.07) is 5.40. The Labute approximate surface area is 102 Å². The molecule has 1 aromatic rings. The molecule has 0 spiro atoms. The van der Waals surface area contributed by atoms with E-state index in [2.05, 4.69) is 5.32 Å². The van der Waals surface area contributed by atoms with Crippen molar-refractivity contribution in [2.45, 2.75) is 32.6 Å². The number of carbonyl (C=O) groups is 1. The molecule has 3 heteroatoms. The average molecular weight is 232 g/mol. The van der Waals surface area contributed by atoms with Gasteiger partial charge in [0.1, 0.15) is 0 Å². The van der Waals surface area contributed by atoms with Crippen LogP contribution in [0.15, 0.2) is 18.2 Å². The van der Waals surface area contributed by atoms with Gasteiger partial charge in [-0.15, -0.1) is 0 Å². The van der Waals surface area contributed by atoms with Crippen molar-refractivity contribution in [3.63, 3.8) is 0 Å². The molecule has 1 amide bonds. The van der Waals surface area contributed by atoms with Crippen LogP contribution >= 0.6 is 0 Å². The predicted molar refractivity (Wildman–Crippen MR) is 69.9 cm³/mol. The minimum absolute atomic E-state index is 0.00361. The van der Waals surface area contributed by atoms with E-state index in [1.807, 2.05) is 13.0 Å². The number of hydrogen-bond donors (Lipinski definition) is 2. The lowest BCUT2D eigenvalue weighted by Gasteiger charge is -2.06. The van der Waals surface area contributed by atoms with Crippen LogP contribution in [-0.4, -0.2) is 12.5 Å². The molecule has 0 saturated heterocycles. The maximum Gasteiger partial charge on any atom is 0.251 e. The highest BCUT2D eigenvalue weighted by Gasteiger charge is 2.20. The van der Waals surface area contributed by atoms with Crippen LogP contribution in [0.2, 0.25) is 0 Å². The van der Waals surface area contributed by atoms with Crippen LogP contribution in [0.25, 0.3) is 0 Å². The molecule has 0 unspecified atom stereocenters. The molecule has 92 valence electrons. The third-order valence-electron chi connectivity index (χ3n) is 3.30. The van der Waals surface area contributed by atoms with Gasteiger partial charge in [0.2, 0.25) is 0 Å². The molecule has 1 saturated carbocycles. The van der Waals surface area contributed by atoms with Crippen LogP contribution in [0, 0.1) is 12.8 Å². The number of amides is 1. The fourth-order valence-electron chi connectivity index (χ4n) is 1.92. The van der Waals surface area contributed by atoms with Gasteiger partial charge in [0.25, 0.3) is 5.91 Å². The predicted octanol–water partition coefficient (Wildman–Crippen LogP) is 2.50. The summed E-state index contributed by atoms with van der Waals surface area (Å²) in [6.07, 6.45) is 5.10. The van der Waals surface area contributed by atoms with Gasteiger partial charge in [0.05, 0.1) is 0 Å². The third-order valence-corrected chi connectivity index (χ3v) is 3.30. The van der Waals surface area contributed by atoms with Gasteiger partial charge in [-0.1, -0.05) is 12.8 Å². The molecule has 2 rings (SSSR count). The summed E-state index contributed by atoms with van der Waals surface area (Å²) in [5.74, 6) is 0.939. The molecule has 0 atom stereocenters. The number of carbonyl (C=O) groups excluding carboxylic acids is 1. The molecule has 0 heterocycles. The molecule has 0 radical (unpaired) electrons. The summed E-state index contributed by atoms with van der Waals surface area (Å²) in [6.45, 7) is 2.69. The highest BCUT2D eigenvalue weighted by atomic mass is 16.1. The lowest BCUT2D eigenvalue weighted by Crippen LogP contribution is -2.24. The normalized spacial score (nSPS) is 14.6. The Balaban J connectivity index is 1.79. The summed E-state index contributed by atoms with van der Waals surface area (Å²) in [7, 11) is 0. The summed E-state index contributed by atoms with van der Waals surface area (Å²) < 4.78 is 0. The van der Waals surface area contributed by atoms with Crippen molar-refractivity contribution in [1.29, 1.82) is 0 Å². The highest BCUT2D eigenvalue weighted by molar-refractivity contribution is 5.94. The first-order valence-corrected chi connectivity index (χ1v) is 6.31. The quantitative estimate of drug-likeness (QED) is 0.605. The van der Waals surface area contributed by atoms with Crippen LogP contribution in [0.4, 0.5) is 5.69 Å². The monoisotopic (exact) mass is 232 g/mol. The van der Waals surface area contributed by atoms with E-state index in [1.54, 1.807) is 12.1 Å². The van der Waals surface area contributed by atoms with Gasteiger partial charge >= 0.3 is 0 Å². The molecular weight excluding hydrogens is 212 g/mol. The molecule has 3 nitrogen and oxygen atoms in total. The van der Waals surface area contributed by atoms with Crippen LogP contribution in [0.3, 0.4) is 0 Å². The van der Waals surface area contributed by atoms with Gasteiger partial charge in [-0.2, -0.15) is 0 Å². The van der Waals surface area contributed by atoms with Crippen LogP contribution < -0.4 is 11.1 Å². The first-order chi connectivity index (χ1) is 8.16. The van der Waals surface area contributed by atoms with Crippen LogP contribution in [0.1, 0.15) is 41.6 Å². The molecule has 0 aliphatic heterocycles. The maximum absolute atomic E-state index is 11.8. The van der Waals surface area contributed by atoms with E-state index in [-0.39, 0.29) is 5.91 Å². The zero-order valence-electron chi connectivity index (χ0n) is 10.3. The summed E-state index contributed by atoms with van der Waals surface area (Å²) >= 11 is 0. The lowest BCUT2D eigenvalue weighted by atomic mass is 10.1. The van der Waals surface area contributed by atoms with E-state index >= 15 is 0 Å². The number of benzene rings is 1. The number of nitrogens with two attached hydrogens (primary N) is 1. The molecule has 17 heavy (non-hydrogen) atoms. The largest absolute Gasteiger partial charge is 0.399 e. The second-order valence-electron chi connectivity index (χ2n) is 4.91. The van der Waals surface area contributed by atoms with E-state index in [0.29, 0.717) is 5.56 Å². The Hall–Kier alpha value is -1.51. The molecule has 1 aromatic carbocycles. The molecule has 1 aliphatic rings. The second-order valence-corrected chi connectivity index (χ2v) is 4.91. The van der Waals surface area contributed by atoms with Gasteiger partial charge in [0, 0.05) is 17.8 Å². The van der Waals surface area contributed by atoms with E-state index in [4.69, 9.17) is 5.73 Å². The van der Waals surface area contributed by atoms with E-state index in [0.717, 1.165) is 30.1 Å². The number of hydrogen-bond acceptors (Lipinski definition) is 2. The minimum atomic E-state index is 0.00361. The maximum atomic E-state index is 11.8. The van der Waals surface area contributed by atoms with Gasteiger partial charge in [-0.25, -0.2) is 0 Å². The fourth-order valence-corrected chi connectivity index (χ4v) is 1.92. The third kappa shape index (κ3) is 3.48. The fraction of sp³-hybridized carbons (Fsp3) is 0.500. The molecule has 0 bridgehead atoms. The smallest absolute Gasteiger partial charge is 0.251 e. The Morgan fingerprint density at radius 1 is 1.47 bits per heavy atom. The van der Waals surface area contributed by atoms with Crippen LogP contribution in [0.5, 0.6) is 0 Å². The van der Waals surface area contributed by atoms with E-state index < -0.39 is 0 Å². The van der Waals surface area contributed by atoms with E-state index in [9.17, 15) is 4.79 Å². The van der Waals surface area contributed by atoms with Crippen molar-refractivity contribution in [1.82, 2.24) is 5.32 Å². The van der Waals surface area contributed by atoms with Gasteiger partial charge in [0.15, 0.2) is 0 Å². The van der Waals surface area contributed by atoms with Gasteiger partial charge < -0.3 is 11.1 Å². The Bertz CT molecular complexity index is 411. The highest BCUT2D eigenvalue weighted by Crippen LogP contribution is 2.33. The van der Waals surface area contributed by atoms with Gasteiger partial charge in [-0.3, -0.25) is 4.79 Å². The summed E-state index contributed by atoms with van der Waals surface area (Å²) in [4.78, 5) is 11.8. The zero-order chi connectivity index (χ0) is 12.3. The van der Waals surface area contributed by atoms with Crippen molar-refractivity contribution >= 4 is 11.6 Å². The Morgan fingerprint density at radius 3 is 2.88 bits per heavy atom. The lowest BCUT2D eigenvalue weighted by molar-refractivity contribution is 0.0953. The number of anilines is 1. The number of rotatable bonds is 5. The van der Waals surface area contributed by atoms with Crippen molar-refractivity contribution in [2.24, 2.45) is 5.92 Å². The van der Waals surface area contributed by atoms with Crippen molar-refractivity contribution < 1.29 is 4.79 Å².